The number of hydrogen-bond acceptors (Lipinski definition) is 4. The monoisotopic (exact) mass is 746 g/mol. The van der Waals surface area contributed by atoms with Crippen LogP contribution in [0.5, 0.6) is 0 Å². The Morgan fingerprint density at radius 3 is 1.52 bits per heavy atom. The number of hydrogen-bond donors (Lipinski definition) is 0. The molecule has 56 heavy (non-hydrogen) atoms. The standard InChI is InChI=1S/C26H22BN3O2.C20H10ClN3/c1-25(2)26(3,4)32-27(31-25)16-10-12-19-20(14-16)18-13-11-17(28-5)15-23(18)30-22-9-7-6-8-21(22)29-24(19)30;1-22-13-7-9-14-16-10-12(21)6-8-15(16)20-23-17-4-2-3-5-18(17)24(20)19(14)11-13/h6-15H,1-4H3;2-11H. The normalized spacial score (nSPS) is 14.9. The predicted octanol–water partition coefficient (Wildman–Crippen LogP) is 11.6. The third-order valence-electron chi connectivity index (χ3n) is 11.4. The van der Waals surface area contributed by atoms with E-state index in [0.29, 0.717) is 16.4 Å². The number of nitrogens with zero attached hydrogens (tertiary/aromatic N) is 6. The largest absolute Gasteiger partial charge is 0.494 e. The van der Waals surface area contributed by atoms with Crippen LogP contribution in [0.1, 0.15) is 27.7 Å². The molecule has 4 aromatic heterocycles. The Morgan fingerprint density at radius 1 is 0.536 bits per heavy atom. The maximum atomic E-state index is 7.50. The maximum Gasteiger partial charge on any atom is 0.494 e. The highest BCUT2D eigenvalue weighted by Gasteiger charge is 2.51. The first-order chi connectivity index (χ1) is 27.0. The predicted molar refractivity (Wildman–Crippen MR) is 229 cm³/mol. The van der Waals surface area contributed by atoms with E-state index in [1.807, 2.05) is 91.0 Å². The van der Waals surface area contributed by atoms with Gasteiger partial charge in [-0.05, 0) is 98.5 Å². The molecule has 0 N–H and O–H groups in total. The lowest BCUT2D eigenvalue weighted by atomic mass is 9.78. The molecule has 0 radical (unpaired) electrons. The molecule has 0 bridgehead atoms. The van der Waals surface area contributed by atoms with E-state index < -0.39 is 18.3 Å². The maximum absolute atomic E-state index is 7.50. The van der Waals surface area contributed by atoms with Crippen molar-refractivity contribution in [1.82, 2.24) is 18.8 Å². The molecule has 10 heteroatoms. The zero-order valence-electron chi connectivity index (χ0n) is 31.0. The Kier molecular flexibility index (Phi) is 7.45. The third-order valence-corrected chi connectivity index (χ3v) is 11.7. The van der Waals surface area contributed by atoms with Gasteiger partial charge in [0.05, 0.1) is 46.4 Å². The van der Waals surface area contributed by atoms with Crippen LogP contribution in [0.15, 0.2) is 121 Å². The first-order valence-electron chi connectivity index (χ1n) is 18.3. The van der Waals surface area contributed by atoms with Gasteiger partial charge in [-0.3, -0.25) is 8.80 Å². The molecule has 0 atom stereocenters. The molecule has 0 aliphatic carbocycles. The van der Waals surface area contributed by atoms with Gasteiger partial charge in [0.2, 0.25) is 0 Å². The van der Waals surface area contributed by atoms with Crippen molar-refractivity contribution < 1.29 is 9.31 Å². The molecule has 0 spiro atoms. The Hall–Kier alpha value is -6.49. The van der Waals surface area contributed by atoms with Crippen molar-refractivity contribution in [2.45, 2.75) is 38.9 Å². The molecular formula is C46H32BClN6O2. The van der Waals surface area contributed by atoms with E-state index in [4.69, 9.17) is 44.0 Å². The molecule has 10 aromatic rings. The summed E-state index contributed by atoms with van der Waals surface area (Å²) in [4.78, 5) is 17.0. The van der Waals surface area contributed by atoms with Crippen LogP contribution in [0.25, 0.3) is 86.4 Å². The number of para-hydroxylation sites is 4. The molecule has 0 amide bonds. The second-order valence-corrected chi connectivity index (χ2v) is 15.7. The van der Waals surface area contributed by atoms with E-state index >= 15 is 0 Å². The number of rotatable bonds is 1. The number of imidazole rings is 2. The van der Waals surface area contributed by atoms with Crippen LogP contribution in [0.4, 0.5) is 11.4 Å². The van der Waals surface area contributed by atoms with Crippen molar-refractivity contribution in [3.8, 4) is 0 Å². The Bertz CT molecular complexity index is 3370. The molecular weight excluding hydrogens is 715 g/mol. The fraction of sp³-hybridized carbons (Fsp3) is 0.130. The van der Waals surface area contributed by atoms with Gasteiger partial charge in [-0.1, -0.05) is 78.3 Å². The first-order valence-corrected chi connectivity index (χ1v) is 18.7. The van der Waals surface area contributed by atoms with Gasteiger partial charge in [-0.15, -0.1) is 0 Å². The van der Waals surface area contributed by atoms with Gasteiger partial charge in [0.15, 0.2) is 11.4 Å². The van der Waals surface area contributed by atoms with E-state index in [9.17, 15) is 0 Å². The minimum atomic E-state index is -0.433. The SMILES string of the molecule is [C-]#[N+]c1ccc2c3cc(B4OC(C)(C)C(C)(C)O4)ccc3c3nc4ccccc4n3c2c1.[C-]#[N+]c1ccc2c3cc(Cl)ccc3c3nc4ccccc4n3c2c1. The van der Waals surface area contributed by atoms with E-state index in [2.05, 4.69) is 76.5 Å². The summed E-state index contributed by atoms with van der Waals surface area (Å²) in [5.41, 5.74) is 9.07. The molecule has 5 heterocycles. The highest BCUT2D eigenvalue weighted by molar-refractivity contribution is 6.62. The topological polar surface area (TPSA) is 61.8 Å². The van der Waals surface area contributed by atoms with E-state index in [-0.39, 0.29) is 0 Å². The fourth-order valence-corrected chi connectivity index (χ4v) is 8.12. The van der Waals surface area contributed by atoms with Gasteiger partial charge in [0, 0.05) is 37.6 Å². The van der Waals surface area contributed by atoms with Crippen molar-refractivity contribution in [3.63, 3.8) is 0 Å². The summed E-state index contributed by atoms with van der Waals surface area (Å²) in [6.45, 7) is 23.1. The number of benzene rings is 6. The summed E-state index contributed by atoms with van der Waals surface area (Å²) in [5, 5.41) is 7.07. The van der Waals surface area contributed by atoms with Crippen LogP contribution in [0.2, 0.25) is 5.02 Å². The Labute approximate surface area is 327 Å². The fourth-order valence-electron chi connectivity index (χ4n) is 7.95. The lowest BCUT2D eigenvalue weighted by Gasteiger charge is -2.32. The van der Waals surface area contributed by atoms with Gasteiger partial charge in [-0.2, -0.15) is 0 Å². The molecule has 11 rings (SSSR count). The zero-order chi connectivity index (χ0) is 38.5. The van der Waals surface area contributed by atoms with E-state index in [1.165, 1.54) is 0 Å². The summed E-state index contributed by atoms with van der Waals surface area (Å²) in [5.74, 6) is 0. The Balaban J connectivity index is 0.000000143. The van der Waals surface area contributed by atoms with Crippen LogP contribution >= 0.6 is 11.6 Å². The second-order valence-electron chi connectivity index (χ2n) is 15.2. The molecule has 0 unspecified atom stereocenters. The molecule has 1 saturated heterocycles. The molecule has 268 valence electrons. The quantitative estimate of drug-likeness (QED) is 0.0953. The van der Waals surface area contributed by atoms with Crippen LogP contribution < -0.4 is 5.46 Å². The van der Waals surface area contributed by atoms with Crippen molar-refractivity contribution in [1.29, 1.82) is 0 Å². The number of halogens is 1. The summed E-state index contributed by atoms with van der Waals surface area (Å²) < 4.78 is 16.9. The minimum Gasteiger partial charge on any atom is -0.399 e. The highest BCUT2D eigenvalue weighted by atomic mass is 35.5. The zero-order valence-corrected chi connectivity index (χ0v) is 31.8. The summed E-state index contributed by atoms with van der Waals surface area (Å²) in [6, 6.07) is 40.0. The van der Waals surface area contributed by atoms with Crippen LogP contribution in [0, 0.1) is 13.1 Å². The minimum absolute atomic E-state index is 0.399. The summed E-state index contributed by atoms with van der Waals surface area (Å²) in [7, 11) is -0.433. The molecule has 1 aliphatic rings. The van der Waals surface area contributed by atoms with Crippen LogP contribution in [-0.4, -0.2) is 37.1 Å². The molecule has 8 nitrogen and oxygen atoms in total. The van der Waals surface area contributed by atoms with Gasteiger partial charge < -0.3 is 9.31 Å². The van der Waals surface area contributed by atoms with Crippen LogP contribution in [-0.2, 0) is 9.31 Å². The molecule has 0 saturated carbocycles. The number of fused-ring (bicyclic) bond motifs is 16. The van der Waals surface area contributed by atoms with E-state index in [1.54, 1.807) is 0 Å². The number of pyridine rings is 2. The van der Waals surface area contributed by atoms with Gasteiger partial charge in [-0.25, -0.2) is 19.7 Å². The molecule has 1 aliphatic heterocycles. The van der Waals surface area contributed by atoms with Gasteiger partial charge >= 0.3 is 7.12 Å². The summed E-state index contributed by atoms with van der Waals surface area (Å²) in [6.07, 6.45) is 0. The van der Waals surface area contributed by atoms with Gasteiger partial charge in [0.1, 0.15) is 11.3 Å². The first kappa shape index (κ1) is 34.0. The second kappa shape index (κ2) is 12.3. The van der Waals surface area contributed by atoms with Crippen LogP contribution in [0.3, 0.4) is 0 Å². The lowest BCUT2D eigenvalue weighted by Crippen LogP contribution is -2.41. The average molecular weight is 747 g/mol. The van der Waals surface area contributed by atoms with Crippen molar-refractivity contribution in [3.05, 3.63) is 149 Å². The lowest BCUT2D eigenvalue weighted by molar-refractivity contribution is 0.00578. The van der Waals surface area contributed by atoms with Gasteiger partial charge in [0.25, 0.3) is 0 Å². The highest BCUT2D eigenvalue weighted by Crippen LogP contribution is 2.39. The average Bonchev–Trinajstić information content (AvgIpc) is 3.86. The van der Waals surface area contributed by atoms with E-state index in [0.717, 1.165) is 82.2 Å². The molecule has 1 fully saturated rings. The Morgan fingerprint density at radius 2 is 1.00 bits per heavy atom. The smallest absolute Gasteiger partial charge is 0.399 e. The van der Waals surface area contributed by atoms with Crippen molar-refractivity contribution >= 4 is 112 Å². The molecule has 6 aromatic carbocycles. The number of aromatic nitrogens is 4. The van der Waals surface area contributed by atoms with Crippen molar-refractivity contribution in [2.24, 2.45) is 0 Å². The third kappa shape index (κ3) is 5.06. The van der Waals surface area contributed by atoms with Crippen molar-refractivity contribution in [2.75, 3.05) is 0 Å². The summed E-state index contributed by atoms with van der Waals surface area (Å²) >= 11 is 6.23.